The second kappa shape index (κ2) is 24.3. The van der Waals surface area contributed by atoms with Crippen molar-refractivity contribution in [3.05, 3.63) is 0 Å². The molecule has 0 heterocycles. The van der Waals surface area contributed by atoms with Crippen LogP contribution < -0.4 is 5.32 Å². The molecular formula is C23H49NO6. The van der Waals surface area contributed by atoms with Crippen molar-refractivity contribution in [3.8, 4) is 0 Å². The zero-order valence-electron chi connectivity index (χ0n) is 20.3. The van der Waals surface area contributed by atoms with E-state index in [1.807, 2.05) is 34.6 Å². The summed E-state index contributed by atoms with van der Waals surface area (Å²) in [6.45, 7) is 13.5. The van der Waals surface area contributed by atoms with Crippen LogP contribution in [0.15, 0.2) is 0 Å². The number of methoxy groups -OCH3 is 1. The molecule has 0 atom stereocenters. The second-order valence-corrected chi connectivity index (χ2v) is 6.52. The van der Waals surface area contributed by atoms with Gasteiger partial charge in [-0.05, 0) is 25.7 Å². The number of carbonyl (C=O) groups is 2. The maximum atomic E-state index is 11.9. The fourth-order valence-electron chi connectivity index (χ4n) is 3.00. The van der Waals surface area contributed by atoms with Crippen molar-refractivity contribution in [2.45, 2.75) is 79.2 Å². The van der Waals surface area contributed by atoms with Crippen molar-refractivity contribution >= 4 is 11.7 Å². The van der Waals surface area contributed by atoms with Gasteiger partial charge in [-0.2, -0.15) is 0 Å². The van der Waals surface area contributed by atoms with E-state index >= 15 is 0 Å². The van der Waals surface area contributed by atoms with Gasteiger partial charge in [-0.3, -0.25) is 9.59 Å². The number of hydrogen-bond donors (Lipinski definition) is 1. The first-order chi connectivity index (χ1) is 14.7. The highest BCUT2D eigenvalue weighted by molar-refractivity contribution is 5.80. The van der Waals surface area contributed by atoms with E-state index in [2.05, 4.69) is 5.32 Å². The van der Waals surface area contributed by atoms with Gasteiger partial charge < -0.3 is 24.3 Å². The lowest BCUT2D eigenvalue weighted by Crippen LogP contribution is -2.39. The summed E-state index contributed by atoms with van der Waals surface area (Å²) < 4.78 is 20.9. The van der Waals surface area contributed by atoms with E-state index in [1.165, 1.54) is 0 Å². The summed E-state index contributed by atoms with van der Waals surface area (Å²) in [5.41, 5.74) is 0. The predicted molar refractivity (Wildman–Crippen MR) is 123 cm³/mol. The molecule has 1 aliphatic carbocycles. The zero-order valence-corrected chi connectivity index (χ0v) is 20.3. The molecule has 0 saturated heterocycles. The first-order valence-electron chi connectivity index (χ1n) is 11.7. The lowest BCUT2D eigenvalue weighted by atomic mass is 9.83. The topological polar surface area (TPSA) is 83.1 Å². The van der Waals surface area contributed by atoms with E-state index in [9.17, 15) is 9.59 Å². The Morgan fingerprint density at radius 2 is 1.27 bits per heavy atom. The van der Waals surface area contributed by atoms with Gasteiger partial charge >= 0.3 is 0 Å². The highest BCUT2D eigenvalue weighted by Crippen LogP contribution is 2.25. The largest absolute Gasteiger partial charge is 0.382 e. The van der Waals surface area contributed by atoms with Gasteiger partial charge in [0.1, 0.15) is 5.78 Å². The van der Waals surface area contributed by atoms with Crippen LogP contribution in [0.25, 0.3) is 0 Å². The van der Waals surface area contributed by atoms with Gasteiger partial charge in [-0.1, -0.05) is 34.6 Å². The molecule has 30 heavy (non-hydrogen) atoms. The summed E-state index contributed by atoms with van der Waals surface area (Å²) in [4.78, 5) is 23.6. The van der Waals surface area contributed by atoms with Crippen LogP contribution in [0.1, 0.15) is 74.6 Å². The van der Waals surface area contributed by atoms with Gasteiger partial charge in [0.25, 0.3) is 0 Å². The summed E-state index contributed by atoms with van der Waals surface area (Å²) >= 11 is 0. The van der Waals surface area contributed by atoms with E-state index < -0.39 is 0 Å². The average Bonchev–Trinajstić information content (AvgIpc) is 2.80. The first-order valence-corrected chi connectivity index (χ1v) is 11.7. The van der Waals surface area contributed by atoms with Crippen LogP contribution in [0.3, 0.4) is 0 Å². The molecule has 0 aromatic carbocycles. The van der Waals surface area contributed by atoms with Gasteiger partial charge in [-0.25, -0.2) is 0 Å². The first kappa shape index (κ1) is 31.2. The fourth-order valence-corrected chi connectivity index (χ4v) is 3.00. The highest BCUT2D eigenvalue weighted by atomic mass is 16.6. The van der Waals surface area contributed by atoms with Crippen LogP contribution in [0, 0.1) is 5.92 Å². The molecule has 0 aromatic heterocycles. The zero-order chi connectivity index (χ0) is 23.0. The molecular weight excluding hydrogens is 386 g/mol. The number of carbonyl (C=O) groups excluding carboxylic acids is 2. The smallest absolute Gasteiger partial charge is 0.222 e. The number of rotatable bonds is 15. The van der Waals surface area contributed by atoms with Crippen LogP contribution in [-0.2, 0) is 28.5 Å². The number of ketones is 1. The minimum atomic E-state index is 0. The Labute approximate surface area is 186 Å². The third-order valence-corrected chi connectivity index (χ3v) is 4.55. The Morgan fingerprint density at radius 1 is 0.800 bits per heavy atom. The Balaban J connectivity index is -0.00000148. The molecule has 7 heteroatoms. The highest BCUT2D eigenvalue weighted by Gasteiger charge is 2.25. The lowest BCUT2D eigenvalue weighted by Gasteiger charge is -2.28. The molecule has 1 saturated carbocycles. The molecule has 1 fully saturated rings. The van der Waals surface area contributed by atoms with E-state index in [0.717, 1.165) is 25.7 Å². The Kier molecular flexibility index (Phi) is 25.2. The standard InChI is InChI=1S/C19H35NO6.2C2H6.H2/c1-3-18(21)16-4-6-17(7-5-16)20-19(22)8-9-24-12-13-26-15-14-25-11-10-23-2;2*1-2;/h16-17H,3-15H2,1-2H3,(H,20,22);2*1-2H3;1H. The third kappa shape index (κ3) is 17.8. The van der Waals surface area contributed by atoms with Crippen LogP contribution in [-0.4, -0.2) is 71.1 Å². The third-order valence-electron chi connectivity index (χ3n) is 4.55. The normalized spacial score (nSPS) is 17.8. The summed E-state index contributed by atoms with van der Waals surface area (Å²) in [7, 11) is 1.64. The van der Waals surface area contributed by atoms with Crippen molar-refractivity contribution in [2.24, 2.45) is 5.92 Å². The van der Waals surface area contributed by atoms with Gasteiger partial charge in [0.15, 0.2) is 0 Å². The molecule has 182 valence electrons. The number of nitrogens with one attached hydrogen (secondary N) is 1. The molecule has 1 amide bonds. The van der Waals surface area contributed by atoms with Gasteiger partial charge in [-0.15, -0.1) is 0 Å². The van der Waals surface area contributed by atoms with E-state index in [-0.39, 0.29) is 19.3 Å². The predicted octanol–water partition coefficient (Wildman–Crippen LogP) is 4.03. The van der Waals surface area contributed by atoms with E-state index in [0.29, 0.717) is 64.9 Å². The number of hydrogen-bond acceptors (Lipinski definition) is 6. The molecule has 1 rings (SSSR count). The molecule has 0 aliphatic heterocycles. The number of ether oxygens (including phenoxy) is 4. The van der Waals surface area contributed by atoms with Crippen LogP contribution in [0.4, 0.5) is 0 Å². The average molecular weight is 436 g/mol. The van der Waals surface area contributed by atoms with Crippen LogP contribution >= 0.6 is 0 Å². The maximum Gasteiger partial charge on any atom is 0.222 e. The molecule has 0 aromatic rings. The maximum absolute atomic E-state index is 11.9. The van der Waals surface area contributed by atoms with Gasteiger partial charge in [0, 0.05) is 33.3 Å². The molecule has 0 radical (unpaired) electrons. The van der Waals surface area contributed by atoms with Crippen molar-refractivity contribution in [1.82, 2.24) is 5.32 Å². The number of amides is 1. The van der Waals surface area contributed by atoms with Crippen molar-refractivity contribution in [2.75, 3.05) is 53.4 Å². The number of Topliss-reactive ketones (excluding diaryl/α,β-unsaturated/α-hetero) is 1. The Morgan fingerprint density at radius 3 is 1.73 bits per heavy atom. The van der Waals surface area contributed by atoms with E-state index in [1.54, 1.807) is 7.11 Å². The second-order valence-electron chi connectivity index (χ2n) is 6.52. The Bertz CT molecular complexity index is 390. The molecule has 1 aliphatic rings. The Hall–Kier alpha value is -1.02. The minimum absolute atomic E-state index is 0. The SMILES string of the molecule is CC.CC.CCC(=O)C1CCC(NC(=O)CCOCCOCCOCCOC)CC1.[HH]. The lowest BCUT2D eigenvalue weighted by molar-refractivity contribution is -0.124. The van der Waals surface area contributed by atoms with E-state index in [4.69, 9.17) is 18.9 Å². The van der Waals surface area contributed by atoms with Gasteiger partial charge in [0.2, 0.25) is 5.91 Å². The summed E-state index contributed by atoms with van der Waals surface area (Å²) in [6, 6.07) is 0.199. The minimum Gasteiger partial charge on any atom is -0.382 e. The molecule has 0 bridgehead atoms. The van der Waals surface area contributed by atoms with Crippen LogP contribution in [0.5, 0.6) is 0 Å². The molecule has 0 spiro atoms. The summed E-state index contributed by atoms with van der Waals surface area (Å²) in [5, 5.41) is 3.04. The molecule has 1 N–H and O–H groups in total. The molecule has 0 unspecified atom stereocenters. The fraction of sp³-hybridized carbons (Fsp3) is 0.913. The van der Waals surface area contributed by atoms with Gasteiger partial charge in [0.05, 0.1) is 46.2 Å². The quantitative estimate of drug-likeness (QED) is 0.391. The monoisotopic (exact) mass is 435 g/mol. The van der Waals surface area contributed by atoms with Crippen molar-refractivity contribution in [1.29, 1.82) is 0 Å². The van der Waals surface area contributed by atoms with Crippen LogP contribution in [0.2, 0.25) is 0 Å². The summed E-state index contributed by atoms with van der Waals surface area (Å²) in [5.74, 6) is 0.566. The van der Waals surface area contributed by atoms with Crippen molar-refractivity contribution in [3.63, 3.8) is 0 Å². The summed E-state index contributed by atoms with van der Waals surface area (Å²) in [6.07, 6.45) is 4.53. The molecule has 7 nitrogen and oxygen atoms in total. The van der Waals surface area contributed by atoms with Crippen molar-refractivity contribution < 1.29 is 30.0 Å².